The van der Waals surface area contributed by atoms with Crippen LogP contribution in [0.15, 0.2) is 0 Å². The first-order chi connectivity index (χ1) is 12.6. The van der Waals surface area contributed by atoms with E-state index < -0.39 is 0 Å². The Labute approximate surface area is 162 Å². The van der Waals surface area contributed by atoms with Crippen LogP contribution >= 0.6 is 11.3 Å². The van der Waals surface area contributed by atoms with E-state index in [-0.39, 0.29) is 0 Å². The Kier molecular flexibility index (Phi) is 5.99. The van der Waals surface area contributed by atoms with Gasteiger partial charge >= 0.3 is 0 Å². The van der Waals surface area contributed by atoms with Crippen LogP contribution in [0.2, 0.25) is 0 Å². The van der Waals surface area contributed by atoms with E-state index in [4.69, 9.17) is 9.72 Å². The number of fused-ring (bicyclic) bond motifs is 1. The fraction of sp³-hybridized carbons (Fsp3) is 0.857. The summed E-state index contributed by atoms with van der Waals surface area (Å²) in [4.78, 5) is 11.8. The minimum atomic E-state index is 0.393. The molecule has 26 heavy (non-hydrogen) atoms. The molecule has 0 N–H and O–H groups in total. The van der Waals surface area contributed by atoms with E-state index in [9.17, 15) is 0 Å². The topological polar surface area (TPSA) is 28.6 Å². The zero-order valence-corrected chi connectivity index (χ0v) is 17.6. The van der Waals surface area contributed by atoms with Crippen LogP contribution in [-0.2, 0) is 11.2 Å². The van der Waals surface area contributed by atoms with E-state index in [2.05, 4.69) is 30.6 Å². The number of likely N-dealkylation sites (tertiary alicyclic amines) is 1. The van der Waals surface area contributed by atoms with Crippen molar-refractivity contribution in [2.75, 3.05) is 32.7 Å². The smallest absolute Gasteiger partial charge is 0.0900 e. The number of aryl methyl sites for hydroxylation is 2. The second-order valence-electron chi connectivity index (χ2n) is 8.74. The van der Waals surface area contributed by atoms with Gasteiger partial charge in [-0.1, -0.05) is 0 Å². The first kappa shape index (κ1) is 18.9. The van der Waals surface area contributed by atoms with Crippen molar-refractivity contribution >= 4 is 11.3 Å². The van der Waals surface area contributed by atoms with Crippen LogP contribution in [-0.4, -0.2) is 59.7 Å². The molecular formula is C21H35N3OS. The predicted molar refractivity (Wildman–Crippen MR) is 108 cm³/mol. The molecule has 0 aromatic carbocycles. The molecule has 2 fully saturated rings. The lowest BCUT2D eigenvalue weighted by molar-refractivity contribution is -0.0694. The summed E-state index contributed by atoms with van der Waals surface area (Å²) >= 11 is 1.95. The molecule has 5 heteroatoms. The molecule has 146 valence electrons. The SMILES string of the molecule is Cc1nc2c(s1)[C@H](N1CCC(CCN3C[C@@H](C)O[C@H](C)C3)CC1)CCC2. The molecule has 0 spiro atoms. The van der Waals surface area contributed by atoms with Gasteiger partial charge in [-0.3, -0.25) is 9.80 Å². The fourth-order valence-electron chi connectivity index (χ4n) is 5.25. The second kappa shape index (κ2) is 8.26. The Balaban J connectivity index is 1.26. The number of piperidine rings is 1. The highest BCUT2D eigenvalue weighted by molar-refractivity contribution is 7.11. The third-order valence-electron chi connectivity index (χ3n) is 6.47. The second-order valence-corrected chi connectivity index (χ2v) is 9.97. The van der Waals surface area contributed by atoms with Crippen molar-refractivity contribution in [3.63, 3.8) is 0 Å². The molecular weight excluding hydrogens is 342 g/mol. The van der Waals surface area contributed by atoms with E-state index in [1.807, 2.05) is 11.3 Å². The lowest BCUT2D eigenvalue weighted by atomic mass is 9.89. The van der Waals surface area contributed by atoms with Crippen LogP contribution < -0.4 is 0 Å². The van der Waals surface area contributed by atoms with Crippen molar-refractivity contribution in [3.8, 4) is 0 Å². The number of hydrogen-bond donors (Lipinski definition) is 0. The largest absolute Gasteiger partial charge is 0.373 e. The van der Waals surface area contributed by atoms with Gasteiger partial charge < -0.3 is 4.74 Å². The van der Waals surface area contributed by atoms with Gasteiger partial charge in [-0.05, 0) is 84.8 Å². The number of morpholine rings is 1. The zero-order chi connectivity index (χ0) is 18.1. The molecule has 3 heterocycles. The van der Waals surface area contributed by atoms with Gasteiger partial charge in [-0.25, -0.2) is 4.98 Å². The summed E-state index contributed by atoms with van der Waals surface area (Å²) in [6.07, 6.45) is 8.74. The van der Waals surface area contributed by atoms with E-state index in [0.717, 1.165) is 19.0 Å². The summed E-state index contributed by atoms with van der Waals surface area (Å²) in [5.74, 6) is 0.908. The van der Waals surface area contributed by atoms with E-state index in [1.165, 1.54) is 68.9 Å². The molecule has 0 saturated carbocycles. The Hall–Kier alpha value is -0.490. The zero-order valence-electron chi connectivity index (χ0n) is 16.7. The summed E-state index contributed by atoms with van der Waals surface area (Å²) in [6, 6.07) is 0.659. The summed E-state index contributed by atoms with van der Waals surface area (Å²) in [6.45, 7) is 12.6. The maximum Gasteiger partial charge on any atom is 0.0900 e. The van der Waals surface area contributed by atoms with Crippen molar-refractivity contribution in [2.45, 2.75) is 77.5 Å². The van der Waals surface area contributed by atoms with Gasteiger partial charge in [0.1, 0.15) is 0 Å². The first-order valence-electron chi connectivity index (χ1n) is 10.7. The molecule has 3 aliphatic rings. The first-order valence-corrected chi connectivity index (χ1v) is 11.5. The van der Waals surface area contributed by atoms with Gasteiger partial charge in [0, 0.05) is 24.0 Å². The average molecular weight is 378 g/mol. The van der Waals surface area contributed by atoms with Crippen LogP contribution in [0.4, 0.5) is 0 Å². The standard InChI is InChI=1S/C21H35N3OS/c1-15-13-23(14-16(2)25-15)10-7-18-8-11-24(12-9-18)20-6-4-5-19-21(20)26-17(3)22-19/h15-16,18,20H,4-14H2,1-3H3/t15-,16-,20-/m1/s1. The maximum absolute atomic E-state index is 5.87. The molecule has 1 aromatic heterocycles. The minimum absolute atomic E-state index is 0.393. The van der Waals surface area contributed by atoms with Gasteiger partial charge in [0.2, 0.25) is 0 Å². The maximum atomic E-state index is 5.87. The molecule has 2 saturated heterocycles. The van der Waals surface area contributed by atoms with Crippen LogP contribution in [0.1, 0.15) is 67.6 Å². The van der Waals surface area contributed by atoms with E-state index >= 15 is 0 Å². The third-order valence-corrected chi connectivity index (χ3v) is 7.58. The van der Waals surface area contributed by atoms with Crippen LogP contribution in [0.25, 0.3) is 0 Å². The van der Waals surface area contributed by atoms with Gasteiger partial charge in [0.15, 0.2) is 0 Å². The quantitative estimate of drug-likeness (QED) is 0.792. The van der Waals surface area contributed by atoms with Crippen LogP contribution in [0.3, 0.4) is 0 Å². The molecule has 4 rings (SSSR count). The Morgan fingerprint density at radius 3 is 2.58 bits per heavy atom. The van der Waals surface area contributed by atoms with Crippen molar-refractivity contribution in [2.24, 2.45) is 5.92 Å². The summed E-state index contributed by atoms with van der Waals surface area (Å²) in [7, 11) is 0. The number of aromatic nitrogens is 1. The predicted octanol–water partition coefficient (Wildman–Crippen LogP) is 4.04. The number of rotatable bonds is 4. The lowest BCUT2D eigenvalue weighted by Gasteiger charge is -2.40. The number of ether oxygens (including phenoxy) is 1. The average Bonchev–Trinajstić information content (AvgIpc) is 3.00. The van der Waals surface area contributed by atoms with Gasteiger partial charge in [-0.2, -0.15) is 0 Å². The molecule has 0 radical (unpaired) electrons. The summed E-state index contributed by atoms with van der Waals surface area (Å²) in [5, 5.41) is 1.26. The van der Waals surface area contributed by atoms with Crippen molar-refractivity contribution in [1.82, 2.24) is 14.8 Å². The highest BCUT2D eigenvalue weighted by atomic mass is 32.1. The van der Waals surface area contributed by atoms with Crippen LogP contribution in [0, 0.1) is 12.8 Å². The van der Waals surface area contributed by atoms with Crippen molar-refractivity contribution in [1.29, 1.82) is 0 Å². The molecule has 4 nitrogen and oxygen atoms in total. The summed E-state index contributed by atoms with van der Waals surface area (Å²) < 4.78 is 5.87. The summed E-state index contributed by atoms with van der Waals surface area (Å²) in [5.41, 5.74) is 1.40. The van der Waals surface area contributed by atoms with Crippen molar-refractivity contribution < 1.29 is 4.74 Å². The monoisotopic (exact) mass is 377 g/mol. The van der Waals surface area contributed by atoms with Gasteiger partial charge in [0.05, 0.1) is 22.9 Å². The number of hydrogen-bond acceptors (Lipinski definition) is 5. The third kappa shape index (κ3) is 4.32. The molecule has 2 aliphatic heterocycles. The lowest BCUT2D eigenvalue weighted by Crippen LogP contribution is -2.46. The molecule has 0 amide bonds. The molecule has 1 aliphatic carbocycles. The van der Waals surface area contributed by atoms with E-state index in [0.29, 0.717) is 18.2 Å². The minimum Gasteiger partial charge on any atom is -0.373 e. The number of nitrogens with zero attached hydrogens (tertiary/aromatic N) is 3. The fourth-order valence-corrected chi connectivity index (χ4v) is 6.40. The molecule has 1 aromatic rings. The van der Waals surface area contributed by atoms with Crippen LogP contribution in [0.5, 0.6) is 0 Å². The molecule has 0 bridgehead atoms. The Morgan fingerprint density at radius 1 is 1.12 bits per heavy atom. The highest BCUT2D eigenvalue weighted by Gasteiger charge is 2.31. The highest BCUT2D eigenvalue weighted by Crippen LogP contribution is 2.39. The normalized spacial score (nSPS) is 31.9. The molecule has 0 unspecified atom stereocenters. The Morgan fingerprint density at radius 2 is 1.85 bits per heavy atom. The van der Waals surface area contributed by atoms with E-state index in [1.54, 1.807) is 4.88 Å². The molecule has 3 atom stereocenters. The van der Waals surface area contributed by atoms with Gasteiger partial charge in [-0.15, -0.1) is 11.3 Å². The van der Waals surface area contributed by atoms with Crippen molar-refractivity contribution in [3.05, 3.63) is 15.6 Å². The van der Waals surface area contributed by atoms with Gasteiger partial charge in [0.25, 0.3) is 0 Å². The number of thiazole rings is 1. The Bertz CT molecular complexity index is 586.